The van der Waals surface area contributed by atoms with Gasteiger partial charge in [0.05, 0.1) is 11.5 Å². The fourth-order valence-corrected chi connectivity index (χ4v) is 4.80. The van der Waals surface area contributed by atoms with Crippen molar-refractivity contribution in [2.24, 2.45) is 11.7 Å². The third kappa shape index (κ3) is 12.4. The molecule has 0 aliphatic carbocycles. The molecule has 41 heavy (non-hydrogen) atoms. The third-order valence-electron chi connectivity index (χ3n) is 5.98. The number of amides is 4. The van der Waals surface area contributed by atoms with Gasteiger partial charge in [-0.3, -0.25) is 19.2 Å². The van der Waals surface area contributed by atoms with Gasteiger partial charge in [-0.1, -0.05) is 50.3 Å². The maximum absolute atomic E-state index is 13.5. The fourth-order valence-electron chi connectivity index (χ4n) is 4.00. The molecule has 222 valence electrons. The zero-order chi connectivity index (χ0) is 30.4. The number of ether oxygens (including phenoxy) is 1. The third-order valence-corrected chi connectivity index (χ3v) is 7.03. The number of primary amides is 1. The number of benzene rings is 1. The van der Waals surface area contributed by atoms with Crippen molar-refractivity contribution in [3.05, 3.63) is 69.9 Å². The van der Waals surface area contributed by atoms with Crippen LogP contribution in [-0.2, 0) is 30.3 Å². The van der Waals surface area contributed by atoms with E-state index >= 15 is 0 Å². The predicted octanol–water partition coefficient (Wildman–Crippen LogP) is 2.80. The van der Waals surface area contributed by atoms with Crippen LogP contribution in [0.5, 0.6) is 0 Å². The van der Waals surface area contributed by atoms with Crippen LogP contribution in [0.2, 0.25) is 0 Å². The highest BCUT2D eigenvalue weighted by molar-refractivity contribution is 7.12. The van der Waals surface area contributed by atoms with E-state index in [1.54, 1.807) is 13.0 Å². The van der Waals surface area contributed by atoms with Crippen molar-refractivity contribution in [3.8, 4) is 0 Å². The van der Waals surface area contributed by atoms with Crippen molar-refractivity contribution in [2.45, 2.75) is 71.5 Å². The molecule has 0 saturated heterocycles. The first-order valence-electron chi connectivity index (χ1n) is 13.6. The minimum Gasteiger partial charge on any atom is -0.463 e. The van der Waals surface area contributed by atoms with Crippen molar-refractivity contribution in [1.29, 1.82) is 0 Å². The Hall–Kier alpha value is -3.99. The van der Waals surface area contributed by atoms with Gasteiger partial charge in [-0.25, -0.2) is 4.79 Å². The molecule has 10 nitrogen and oxygen atoms in total. The molecule has 4 amide bonds. The topological polar surface area (TPSA) is 157 Å². The molecule has 2 rings (SSSR count). The van der Waals surface area contributed by atoms with E-state index in [0.717, 1.165) is 11.1 Å². The highest BCUT2D eigenvalue weighted by Crippen LogP contribution is 2.15. The summed E-state index contributed by atoms with van der Waals surface area (Å²) in [6, 6.07) is 8.34. The maximum atomic E-state index is 13.5. The molecular formula is C30H40N4O6S. The van der Waals surface area contributed by atoms with Crippen LogP contribution in [0.4, 0.5) is 0 Å². The number of rotatable bonds is 16. The van der Waals surface area contributed by atoms with E-state index in [4.69, 9.17) is 10.5 Å². The van der Waals surface area contributed by atoms with Gasteiger partial charge in [-0.15, -0.1) is 11.3 Å². The lowest BCUT2D eigenvalue weighted by Crippen LogP contribution is -2.55. The normalized spacial score (nSPS) is 13.3. The van der Waals surface area contributed by atoms with E-state index < -0.39 is 41.8 Å². The van der Waals surface area contributed by atoms with Crippen LogP contribution in [0.3, 0.4) is 0 Å². The second-order valence-corrected chi connectivity index (χ2v) is 11.0. The Morgan fingerprint density at radius 1 is 1.00 bits per heavy atom. The number of thiophene rings is 1. The van der Waals surface area contributed by atoms with Gasteiger partial charge >= 0.3 is 5.97 Å². The molecule has 11 heteroatoms. The highest BCUT2D eigenvalue weighted by Gasteiger charge is 2.29. The molecular weight excluding hydrogens is 544 g/mol. The van der Waals surface area contributed by atoms with Crippen molar-refractivity contribution in [1.82, 2.24) is 16.0 Å². The fraction of sp³-hybridized carbons (Fsp3) is 0.433. The number of hydrogen-bond acceptors (Lipinski definition) is 7. The summed E-state index contributed by atoms with van der Waals surface area (Å²) >= 11 is 1.29. The standard InChI is InChI=1S/C30H40N4O6S/c1-5-40-27(36)14-12-22(11-13-26(31)35)32-28(37)24(17-21-9-7-6-8-10-21)33-29(38)23(15-19(2)3)34-30(39)25-16-20(4)18-41-25/h6-10,12,14,16,18-19,22-24H,5,11,13,15,17H2,1-4H3,(H2,31,35)(H,32,37)(H,33,38)(H,34,39)/b14-12+/t22-,23-,24-/m0/s1. The summed E-state index contributed by atoms with van der Waals surface area (Å²) in [5.41, 5.74) is 7.06. The van der Waals surface area contributed by atoms with Gasteiger partial charge in [0, 0.05) is 25.0 Å². The molecule has 0 saturated carbocycles. The summed E-state index contributed by atoms with van der Waals surface area (Å²) in [4.78, 5) is 63.6. The Morgan fingerprint density at radius 3 is 2.27 bits per heavy atom. The Kier molecular flexibility index (Phi) is 13.7. The minimum atomic E-state index is -1.01. The molecule has 0 unspecified atom stereocenters. The summed E-state index contributed by atoms with van der Waals surface area (Å²) in [6.45, 7) is 7.62. The molecule has 0 aliphatic rings. The molecule has 2 aromatic rings. The molecule has 0 aliphatic heterocycles. The Bertz CT molecular complexity index is 1210. The zero-order valence-corrected chi connectivity index (χ0v) is 24.8. The largest absolute Gasteiger partial charge is 0.463 e. The smallest absolute Gasteiger partial charge is 0.330 e. The van der Waals surface area contributed by atoms with Crippen molar-refractivity contribution in [3.63, 3.8) is 0 Å². The Labute approximate surface area is 245 Å². The van der Waals surface area contributed by atoms with E-state index in [0.29, 0.717) is 11.3 Å². The predicted molar refractivity (Wildman–Crippen MR) is 158 cm³/mol. The summed E-state index contributed by atoms with van der Waals surface area (Å²) in [6.07, 6.45) is 3.28. The second-order valence-electron chi connectivity index (χ2n) is 10.1. The number of carbonyl (C=O) groups excluding carboxylic acids is 5. The molecule has 0 bridgehead atoms. The van der Waals surface area contributed by atoms with Gasteiger partial charge in [0.2, 0.25) is 17.7 Å². The number of aryl methyl sites for hydroxylation is 1. The first kappa shape index (κ1) is 33.2. The molecule has 1 aromatic carbocycles. The number of carbonyl (C=O) groups is 5. The van der Waals surface area contributed by atoms with Crippen LogP contribution < -0.4 is 21.7 Å². The van der Waals surface area contributed by atoms with E-state index in [2.05, 4.69) is 16.0 Å². The maximum Gasteiger partial charge on any atom is 0.330 e. The van der Waals surface area contributed by atoms with Crippen LogP contribution in [0, 0.1) is 12.8 Å². The van der Waals surface area contributed by atoms with E-state index in [9.17, 15) is 24.0 Å². The lowest BCUT2D eigenvalue weighted by Gasteiger charge is -2.25. The Balaban J connectivity index is 2.27. The molecule has 1 heterocycles. The molecule has 0 fully saturated rings. The molecule has 0 radical (unpaired) electrons. The monoisotopic (exact) mass is 584 g/mol. The molecule has 1 aromatic heterocycles. The highest BCUT2D eigenvalue weighted by atomic mass is 32.1. The molecule has 5 N–H and O–H groups in total. The summed E-state index contributed by atoms with van der Waals surface area (Å²) < 4.78 is 4.90. The quantitative estimate of drug-likeness (QED) is 0.176. The van der Waals surface area contributed by atoms with E-state index in [1.165, 1.54) is 23.5 Å². The average molecular weight is 585 g/mol. The van der Waals surface area contributed by atoms with Gasteiger partial charge in [0.1, 0.15) is 12.1 Å². The second kappa shape index (κ2) is 17.0. The Morgan fingerprint density at radius 2 is 1.68 bits per heavy atom. The first-order chi connectivity index (χ1) is 19.5. The molecule has 0 spiro atoms. The minimum absolute atomic E-state index is 0.0293. The summed E-state index contributed by atoms with van der Waals surface area (Å²) in [7, 11) is 0. The lowest BCUT2D eigenvalue weighted by molar-refractivity contribution is -0.137. The van der Waals surface area contributed by atoms with Gasteiger partial charge in [0.25, 0.3) is 5.91 Å². The van der Waals surface area contributed by atoms with Gasteiger partial charge < -0.3 is 26.4 Å². The first-order valence-corrected chi connectivity index (χ1v) is 14.5. The number of hydrogen-bond donors (Lipinski definition) is 4. The van der Waals surface area contributed by atoms with Gasteiger partial charge in [-0.05, 0) is 55.2 Å². The number of nitrogens with two attached hydrogens (primary N) is 1. The number of esters is 1. The SMILES string of the molecule is CCOC(=O)/C=C/[C@H](CCC(N)=O)NC(=O)[C@H](Cc1ccccc1)NC(=O)[C@H](CC(C)C)NC(=O)c1cc(C)cs1. The van der Waals surface area contributed by atoms with E-state index in [1.807, 2.05) is 56.5 Å². The number of nitrogens with one attached hydrogen (secondary N) is 3. The zero-order valence-electron chi connectivity index (χ0n) is 24.0. The van der Waals surface area contributed by atoms with Crippen molar-refractivity contribution in [2.75, 3.05) is 6.61 Å². The van der Waals surface area contributed by atoms with Crippen LogP contribution in [0.25, 0.3) is 0 Å². The molecule has 3 atom stereocenters. The summed E-state index contributed by atoms with van der Waals surface area (Å²) in [5.74, 6) is -2.43. The van der Waals surface area contributed by atoms with E-state index in [-0.39, 0.29) is 37.7 Å². The lowest BCUT2D eigenvalue weighted by atomic mass is 10.0. The van der Waals surface area contributed by atoms with Crippen LogP contribution in [0.1, 0.15) is 60.8 Å². The van der Waals surface area contributed by atoms with Gasteiger partial charge in [-0.2, -0.15) is 0 Å². The van der Waals surface area contributed by atoms with Crippen LogP contribution >= 0.6 is 11.3 Å². The summed E-state index contributed by atoms with van der Waals surface area (Å²) in [5, 5.41) is 10.3. The van der Waals surface area contributed by atoms with Crippen molar-refractivity contribution >= 4 is 40.9 Å². The van der Waals surface area contributed by atoms with Crippen molar-refractivity contribution < 1.29 is 28.7 Å². The average Bonchev–Trinajstić information content (AvgIpc) is 3.36. The van der Waals surface area contributed by atoms with Gasteiger partial charge in [0.15, 0.2) is 0 Å². The van der Waals surface area contributed by atoms with Crippen LogP contribution in [0.15, 0.2) is 53.9 Å². The van der Waals surface area contributed by atoms with Crippen LogP contribution in [-0.4, -0.2) is 54.3 Å².